The molecule has 0 unspecified atom stereocenters. The molecule has 0 atom stereocenters. The van der Waals surface area contributed by atoms with Crippen molar-refractivity contribution in [2.45, 2.75) is 6.54 Å². The van der Waals surface area contributed by atoms with E-state index in [1.807, 2.05) is 0 Å². The van der Waals surface area contributed by atoms with Crippen LogP contribution < -0.4 is 5.73 Å². The molecule has 0 spiro atoms. The molecule has 1 aromatic rings. The predicted octanol–water partition coefficient (Wildman–Crippen LogP) is -1.45. The Morgan fingerprint density at radius 1 is 1.67 bits per heavy atom. The van der Waals surface area contributed by atoms with Crippen molar-refractivity contribution in [3.05, 3.63) is 5.69 Å². The molecule has 1 rings (SSSR count). The molecular weight excluding hydrogens is 164 g/mol. The second-order valence-corrected chi connectivity index (χ2v) is 2.08. The number of rotatable bonds is 3. The summed E-state index contributed by atoms with van der Waals surface area (Å²) in [5.74, 6) is -1.35. The molecule has 12 heavy (non-hydrogen) atoms. The van der Waals surface area contributed by atoms with Crippen LogP contribution in [0.2, 0.25) is 0 Å². The Hall–Kier alpha value is -1.63. The molecule has 1 heterocycles. The van der Waals surface area contributed by atoms with Crippen molar-refractivity contribution < 1.29 is 15.0 Å². The number of carboxylic acid groups (broad SMARTS) is 1. The van der Waals surface area contributed by atoms with E-state index in [0.29, 0.717) is 0 Å². The second-order valence-electron chi connectivity index (χ2n) is 2.08. The molecule has 0 amide bonds. The van der Waals surface area contributed by atoms with E-state index in [-0.39, 0.29) is 24.7 Å². The number of nitrogen functional groups attached to an aromatic ring is 1. The van der Waals surface area contributed by atoms with E-state index in [0.717, 1.165) is 4.68 Å². The van der Waals surface area contributed by atoms with Gasteiger partial charge in [-0.3, -0.25) is 0 Å². The fraction of sp³-hybridized carbons (Fsp3) is 0.400. The van der Waals surface area contributed by atoms with Crippen LogP contribution in [-0.2, 0) is 6.54 Å². The van der Waals surface area contributed by atoms with Gasteiger partial charge in [-0.1, -0.05) is 5.21 Å². The Morgan fingerprint density at radius 3 is 2.83 bits per heavy atom. The molecule has 66 valence electrons. The maximum atomic E-state index is 10.5. The van der Waals surface area contributed by atoms with Gasteiger partial charge in [-0.25, -0.2) is 9.48 Å². The molecule has 0 aliphatic heterocycles. The minimum absolute atomic E-state index is 0.0752. The third-order valence-corrected chi connectivity index (χ3v) is 1.28. The van der Waals surface area contributed by atoms with Crippen molar-refractivity contribution in [3.8, 4) is 0 Å². The summed E-state index contributed by atoms with van der Waals surface area (Å²) >= 11 is 0. The number of aliphatic hydroxyl groups is 1. The van der Waals surface area contributed by atoms with Crippen LogP contribution in [0.1, 0.15) is 10.5 Å². The summed E-state index contributed by atoms with van der Waals surface area (Å²) in [4.78, 5) is 10.5. The third-order valence-electron chi connectivity index (χ3n) is 1.28. The van der Waals surface area contributed by atoms with E-state index in [1.165, 1.54) is 0 Å². The third kappa shape index (κ3) is 1.35. The highest BCUT2D eigenvalue weighted by Crippen LogP contribution is 2.05. The summed E-state index contributed by atoms with van der Waals surface area (Å²) in [5, 5.41) is 23.9. The molecule has 0 radical (unpaired) electrons. The molecule has 4 N–H and O–H groups in total. The van der Waals surface area contributed by atoms with Crippen LogP contribution in [0.4, 0.5) is 5.82 Å². The Morgan fingerprint density at radius 2 is 2.33 bits per heavy atom. The van der Waals surface area contributed by atoms with E-state index < -0.39 is 5.97 Å². The van der Waals surface area contributed by atoms with Gasteiger partial charge in [0.25, 0.3) is 0 Å². The maximum absolute atomic E-state index is 10.5. The highest BCUT2D eigenvalue weighted by atomic mass is 16.4. The van der Waals surface area contributed by atoms with E-state index >= 15 is 0 Å². The number of aliphatic hydroxyl groups excluding tert-OH is 1. The van der Waals surface area contributed by atoms with Gasteiger partial charge in [-0.05, 0) is 0 Å². The first kappa shape index (κ1) is 8.47. The highest BCUT2D eigenvalue weighted by molar-refractivity contribution is 5.90. The van der Waals surface area contributed by atoms with Gasteiger partial charge in [-0.15, -0.1) is 5.10 Å². The Labute approximate surface area is 67.4 Å². The Bertz CT molecular complexity index is 295. The molecule has 0 aliphatic rings. The van der Waals surface area contributed by atoms with Crippen molar-refractivity contribution in [1.29, 1.82) is 0 Å². The van der Waals surface area contributed by atoms with E-state index in [9.17, 15) is 4.79 Å². The van der Waals surface area contributed by atoms with Crippen LogP contribution in [-0.4, -0.2) is 37.8 Å². The summed E-state index contributed by atoms with van der Waals surface area (Å²) in [6, 6.07) is 0. The fourth-order valence-corrected chi connectivity index (χ4v) is 0.798. The molecule has 0 saturated heterocycles. The van der Waals surface area contributed by atoms with Gasteiger partial charge in [0.15, 0.2) is 11.5 Å². The summed E-state index contributed by atoms with van der Waals surface area (Å²) in [5.41, 5.74) is 5.02. The van der Waals surface area contributed by atoms with Gasteiger partial charge in [0.05, 0.1) is 13.2 Å². The molecule has 0 saturated carbocycles. The van der Waals surface area contributed by atoms with Gasteiger partial charge < -0.3 is 15.9 Å². The number of aromatic carboxylic acids is 1. The van der Waals surface area contributed by atoms with Crippen LogP contribution in [0.25, 0.3) is 0 Å². The van der Waals surface area contributed by atoms with E-state index in [1.54, 1.807) is 0 Å². The lowest BCUT2D eigenvalue weighted by molar-refractivity contribution is 0.0683. The van der Waals surface area contributed by atoms with Gasteiger partial charge in [0.1, 0.15) is 0 Å². The average Bonchev–Trinajstić information content (AvgIpc) is 2.32. The zero-order chi connectivity index (χ0) is 9.14. The molecular formula is C5H8N4O3. The first-order valence-corrected chi connectivity index (χ1v) is 3.20. The number of aromatic nitrogens is 3. The summed E-state index contributed by atoms with van der Waals surface area (Å²) in [6.07, 6.45) is 0. The fourth-order valence-electron chi connectivity index (χ4n) is 0.798. The van der Waals surface area contributed by atoms with E-state index in [2.05, 4.69) is 10.3 Å². The quantitative estimate of drug-likeness (QED) is 0.514. The summed E-state index contributed by atoms with van der Waals surface area (Å²) in [6.45, 7) is -0.130. The van der Waals surface area contributed by atoms with Crippen molar-refractivity contribution in [3.63, 3.8) is 0 Å². The van der Waals surface area contributed by atoms with Crippen molar-refractivity contribution >= 4 is 11.8 Å². The van der Waals surface area contributed by atoms with E-state index in [4.69, 9.17) is 15.9 Å². The van der Waals surface area contributed by atoms with Gasteiger partial charge in [0, 0.05) is 0 Å². The number of carboxylic acids is 1. The maximum Gasteiger partial charge on any atom is 0.358 e. The molecule has 0 aliphatic carbocycles. The molecule has 1 aromatic heterocycles. The van der Waals surface area contributed by atoms with Crippen molar-refractivity contribution in [2.75, 3.05) is 12.3 Å². The zero-order valence-corrected chi connectivity index (χ0v) is 6.14. The van der Waals surface area contributed by atoms with Crippen LogP contribution in [0.5, 0.6) is 0 Å². The van der Waals surface area contributed by atoms with Gasteiger partial charge >= 0.3 is 5.97 Å². The molecule has 0 bridgehead atoms. The molecule has 0 aromatic carbocycles. The monoisotopic (exact) mass is 172 g/mol. The van der Waals surface area contributed by atoms with Gasteiger partial charge in [0.2, 0.25) is 0 Å². The lowest BCUT2D eigenvalue weighted by atomic mass is 10.4. The van der Waals surface area contributed by atoms with Crippen molar-refractivity contribution in [2.24, 2.45) is 0 Å². The first-order chi connectivity index (χ1) is 5.66. The number of nitrogens with zero attached hydrogens (tertiary/aromatic N) is 3. The lowest BCUT2D eigenvalue weighted by Crippen LogP contribution is -2.13. The SMILES string of the molecule is Nc1nnn(CCO)c1C(=O)O. The normalized spacial score (nSPS) is 10.1. The van der Waals surface area contributed by atoms with Gasteiger partial charge in [-0.2, -0.15) is 0 Å². The number of hydrogen-bond donors (Lipinski definition) is 3. The number of nitrogens with two attached hydrogens (primary N) is 1. The van der Waals surface area contributed by atoms with Crippen LogP contribution in [0.15, 0.2) is 0 Å². The number of hydrogen-bond acceptors (Lipinski definition) is 5. The summed E-state index contributed by atoms with van der Waals surface area (Å²) < 4.78 is 1.04. The average molecular weight is 172 g/mol. The molecule has 7 nitrogen and oxygen atoms in total. The Balaban J connectivity index is 3.04. The van der Waals surface area contributed by atoms with Crippen molar-refractivity contribution in [1.82, 2.24) is 15.0 Å². The van der Waals surface area contributed by atoms with Crippen LogP contribution in [0.3, 0.4) is 0 Å². The Kier molecular flexibility index (Phi) is 2.24. The smallest absolute Gasteiger partial charge is 0.358 e. The minimum Gasteiger partial charge on any atom is -0.476 e. The minimum atomic E-state index is -1.20. The van der Waals surface area contributed by atoms with Crippen LogP contribution in [0, 0.1) is 0 Å². The molecule has 7 heteroatoms. The lowest BCUT2D eigenvalue weighted by Gasteiger charge is -1.98. The summed E-state index contributed by atoms with van der Waals surface area (Å²) in [7, 11) is 0. The number of anilines is 1. The van der Waals surface area contributed by atoms with Crippen LogP contribution >= 0.6 is 0 Å². The highest BCUT2D eigenvalue weighted by Gasteiger charge is 2.16. The largest absolute Gasteiger partial charge is 0.476 e. The first-order valence-electron chi connectivity index (χ1n) is 3.20. The zero-order valence-electron chi connectivity index (χ0n) is 6.14. The molecule has 0 fully saturated rings. The topological polar surface area (TPSA) is 114 Å². The second kappa shape index (κ2) is 3.18. The number of carbonyl (C=O) groups is 1. The standard InChI is InChI=1S/C5H8N4O3/c6-4-3(5(11)12)9(1-2-10)8-7-4/h10H,1-2,6H2,(H,11,12). The predicted molar refractivity (Wildman–Crippen MR) is 38.5 cm³/mol.